The molecule has 1 aromatic rings. The van der Waals surface area contributed by atoms with Crippen molar-refractivity contribution in [2.45, 2.75) is 24.8 Å². The maximum absolute atomic E-state index is 10.7. The van der Waals surface area contributed by atoms with Gasteiger partial charge in [0.2, 0.25) is 6.04 Å². The predicted molar refractivity (Wildman–Crippen MR) is 58.3 cm³/mol. The highest BCUT2D eigenvalue weighted by Gasteiger charge is 2.26. The number of nitrogens with zero attached hydrogens (tertiary/aromatic N) is 1. The van der Waals surface area contributed by atoms with Gasteiger partial charge in [-0.2, -0.15) is 0 Å². The maximum atomic E-state index is 10.7. The average Bonchev–Trinajstić information content (AvgIpc) is 2.30. The SMILES string of the molecule is O=[N+]([O-])[C@@H]1CC=C[C@H](c2ccccc2)C1. The summed E-state index contributed by atoms with van der Waals surface area (Å²) in [6.45, 7) is 0. The highest BCUT2D eigenvalue weighted by molar-refractivity contribution is 5.25. The van der Waals surface area contributed by atoms with Gasteiger partial charge in [-0.25, -0.2) is 0 Å². The molecule has 0 fully saturated rings. The van der Waals surface area contributed by atoms with Gasteiger partial charge in [-0.15, -0.1) is 0 Å². The standard InChI is InChI=1S/C12H13NO2/c14-13(15)12-8-4-7-11(9-12)10-5-2-1-3-6-10/h1-7,11-12H,8-9H2/t11-,12+/m0/s1. The van der Waals surface area contributed by atoms with Crippen molar-refractivity contribution in [2.24, 2.45) is 0 Å². The Labute approximate surface area is 88.6 Å². The molecule has 15 heavy (non-hydrogen) atoms. The number of benzene rings is 1. The van der Waals surface area contributed by atoms with E-state index in [0.717, 1.165) is 0 Å². The molecular formula is C12H13NO2. The van der Waals surface area contributed by atoms with Crippen LogP contribution < -0.4 is 0 Å². The molecule has 0 saturated heterocycles. The first-order valence-corrected chi connectivity index (χ1v) is 5.12. The summed E-state index contributed by atoms with van der Waals surface area (Å²) in [5.74, 6) is 0.204. The minimum absolute atomic E-state index is 0.167. The summed E-state index contributed by atoms with van der Waals surface area (Å²) in [6.07, 6.45) is 5.19. The summed E-state index contributed by atoms with van der Waals surface area (Å²) in [5.41, 5.74) is 1.17. The van der Waals surface area contributed by atoms with Gasteiger partial charge >= 0.3 is 0 Å². The molecule has 0 amide bonds. The zero-order chi connectivity index (χ0) is 10.7. The van der Waals surface area contributed by atoms with Crippen molar-refractivity contribution in [3.63, 3.8) is 0 Å². The Balaban J connectivity index is 2.15. The molecule has 2 rings (SSSR count). The monoisotopic (exact) mass is 203 g/mol. The first kappa shape index (κ1) is 9.90. The summed E-state index contributed by atoms with van der Waals surface area (Å²) in [6, 6.07) is 9.54. The van der Waals surface area contributed by atoms with Gasteiger partial charge in [-0.3, -0.25) is 10.1 Å². The molecule has 0 unspecified atom stereocenters. The average molecular weight is 203 g/mol. The molecule has 3 heteroatoms. The van der Waals surface area contributed by atoms with E-state index in [1.165, 1.54) is 5.56 Å². The zero-order valence-electron chi connectivity index (χ0n) is 8.37. The van der Waals surface area contributed by atoms with Gasteiger partial charge in [-0.1, -0.05) is 42.5 Å². The lowest BCUT2D eigenvalue weighted by Gasteiger charge is -2.19. The van der Waals surface area contributed by atoms with Gasteiger partial charge in [0.1, 0.15) is 0 Å². The fourth-order valence-corrected chi connectivity index (χ4v) is 1.99. The van der Waals surface area contributed by atoms with E-state index >= 15 is 0 Å². The highest BCUT2D eigenvalue weighted by atomic mass is 16.6. The van der Waals surface area contributed by atoms with Crippen molar-refractivity contribution in [3.8, 4) is 0 Å². The second-order valence-corrected chi connectivity index (χ2v) is 3.86. The third kappa shape index (κ3) is 2.24. The first-order chi connectivity index (χ1) is 7.27. The molecule has 1 aromatic carbocycles. The molecule has 0 heterocycles. The van der Waals surface area contributed by atoms with Gasteiger partial charge in [-0.05, 0) is 5.56 Å². The molecule has 2 atom stereocenters. The lowest BCUT2D eigenvalue weighted by atomic mass is 9.87. The Hall–Kier alpha value is -1.64. The molecule has 78 valence electrons. The van der Waals surface area contributed by atoms with Gasteiger partial charge < -0.3 is 0 Å². The highest BCUT2D eigenvalue weighted by Crippen LogP contribution is 2.28. The van der Waals surface area contributed by atoms with Gasteiger partial charge in [0.05, 0.1) is 0 Å². The van der Waals surface area contributed by atoms with Crippen molar-refractivity contribution in [1.82, 2.24) is 0 Å². The minimum Gasteiger partial charge on any atom is -0.264 e. The van der Waals surface area contributed by atoms with E-state index in [2.05, 4.69) is 6.08 Å². The number of allylic oxidation sites excluding steroid dienone is 1. The van der Waals surface area contributed by atoms with Crippen LogP contribution in [0.25, 0.3) is 0 Å². The van der Waals surface area contributed by atoms with E-state index in [0.29, 0.717) is 12.8 Å². The molecule has 0 aromatic heterocycles. The van der Waals surface area contributed by atoms with E-state index in [9.17, 15) is 10.1 Å². The van der Waals surface area contributed by atoms with E-state index < -0.39 is 6.04 Å². The van der Waals surface area contributed by atoms with Crippen LogP contribution in [-0.4, -0.2) is 11.0 Å². The van der Waals surface area contributed by atoms with E-state index in [1.807, 2.05) is 36.4 Å². The lowest BCUT2D eigenvalue weighted by molar-refractivity contribution is -0.523. The van der Waals surface area contributed by atoms with Crippen LogP contribution in [0, 0.1) is 10.1 Å². The second-order valence-electron chi connectivity index (χ2n) is 3.86. The molecule has 1 aliphatic rings. The molecule has 1 aliphatic carbocycles. The van der Waals surface area contributed by atoms with E-state index in [4.69, 9.17) is 0 Å². The van der Waals surface area contributed by atoms with Crippen LogP contribution in [0.15, 0.2) is 42.5 Å². The van der Waals surface area contributed by atoms with Crippen LogP contribution in [-0.2, 0) is 0 Å². The normalized spacial score (nSPS) is 25.1. The van der Waals surface area contributed by atoms with Crippen LogP contribution >= 0.6 is 0 Å². The fourth-order valence-electron chi connectivity index (χ4n) is 1.99. The summed E-state index contributed by atoms with van der Waals surface area (Å²) in [7, 11) is 0. The fraction of sp³-hybridized carbons (Fsp3) is 0.333. The second kappa shape index (κ2) is 4.26. The molecule has 0 radical (unpaired) electrons. The van der Waals surface area contributed by atoms with Gasteiger partial charge in [0.15, 0.2) is 0 Å². The Morgan fingerprint density at radius 2 is 2.00 bits per heavy atom. The molecular weight excluding hydrogens is 190 g/mol. The largest absolute Gasteiger partial charge is 0.264 e. The zero-order valence-corrected chi connectivity index (χ0v) is 8.37. The van der Waals surface area contributed by atoms with Crippen LogP contribution in [0.1, 0.15) is 24.3 Å². The Morgan fingerprint density at radius 1 is 1.27 bits per heavy atom. The minimum atomic E-state index is -0.416. The summed E-state index contributed by atoms with van der Waals surface area (Å²) in [5, 5.41) is 10.7. The van der Waals surface area contributed by atoms with Crippen LogP contribution in [0.5, 0.6) is 0 Å². The first-order valence-electron chi connectivity index (χ1n) is 5.12. The number of hydrogen-bond acceptors (Lipinski definition) is 2. The third-order valence-corrected chi connectivity index (χ3v) is 2.83. The Kier molecular flexibility index (Phi) is 2.81. The maximum Gasteiger partial charge on any atom is 0.217 e. The number of rotatable bonds is 2. The quantitative estimate of drug-likeness (QED) is 0.421. The number of nitro groups is 1. The number of hydrogen-bond donors (Lipinski definition) is 0. The van der Waals surface area contributed by atoms with Crippen LogP contribution in [0.2, 0.25) is 0 Å². The Morgan fingerprint density at radius 3 is 2.67 bits per heavy atom. The van der Waals surface area contributed by atoms with Gasteiger partial charge in [0.25, 0.3) is 0 Å². The van der Waals surface area contributed by atoms with Crippen LogP contribution in [0.4, 0.5) is 0 Å². The van der Waals surface area contributed by atoms with E-state index in [-0.39, 0.29) is 10.8 Å². The van der Waals surface area contributed by atoms with Crippen molar-refractivity contribution < 1.29 is 4.92 Å². The van der Waals surface area contributed by atoms with Crippen molar-refractivity contribution in [3.05, 3.63) is 58.2 Å². The molecule has 3 nitrogen and oxygen atoms in total. The van der Waals surface area contributed by atoms with Gasteiger partial charge in [0, 0.05) is 23.7 Å². The van der Waals surface area contributed by atoms with Crippen molar-refractivity contribution in [2.75, 3.05) is 0 Å². The molecule has 0 aliphatic heterocycles. The lowest BCUT2D eigenvalue weighted by Crippen LogP contribution is -2.23. The molecule has 0 spiro atoms. The molecule has 0 bridgehead atoms. The van der Waals surface area contributed by atoms with E-state index in [1.54, 1.807) is 0 Å². The predicted octanol–water partition coefficient (Wildman–Crippen LogP) is 2.77. The van der Waals surface area contributed by atoms with Crippen molar-refractivity contribution in [1.29, 1.82) is 0 Å². The third-order valence-electron chi connectivity index (χ3n) is 2.83. The molecule has 0 N–H and O–H groups in total. The molecule has 0 saturated carbocycles. The Bertz CT molecular complexity index is 372. The van der Waals surface area contributed by atoms with Crippen LogP contribution in [0.3, 0.4) is 0 Å². The summed E-state index contributed by atoms with van der Waals surface area (Å²) in [4.78, 5) is 10.5. The summed E-state index contributed by atoms with van der Waals surface area (Å²) < 4.78 is 0. The smallest absolute Gasteiger partial charge is 0.217 e. The van der Waals surface area contributed by atoms with Crippen molar-refractivity contribution >= 4 is 0 Å². The summed E-state index contributed by atoms with van der Waals surface area (Å²) >= 11 is 0. The topological polar surface area (TPSA) is 43.1 Å².